The van der Waals surface area contributed by atoms with Gasteiger partial charge in [-0.2, -0.15) is 0 Å². The van der Waals surface area contributed by atoms with Gasteiger partial charge in [-0.25, -0.2) is 0 Å². The molecule has 0 saturated heterocycles. The highest BCUT2D eigenvalue weighted by molar-refractivity contribution is 5.38. The maximum atomic E-state index is 3.27. The van der Waals surface area contributed by atoms with E-state index < -0.39 is 0 Å². The second kappa shape index (κ2) is 11.8. The molecule has 0 radical (unpaired) electrons. The van der Waals surface area contributed by atoms with Crippen LogP contribution in [-0.2, 0) is 6.42 Å². The van der Waals surface area contributed by atoms with Crippen LogP contribution in [0, 0.1) is 23.7 Å². The quantitative estimate of drug-likeness (QED) is 0.283. The van der Waals surface area contributed by atoms with Crippen molar-refractivity contribution >= 4 is 0 Å². The molecule has 25 heavy (non-hydrogen) atoms. The fourth-order valence-corrected chi connectivity index (χ4v) is 3.59. The van der Waals surface area contributed by atoms with Crippen LogP contribution < -0.4 is 0 Å². The molecule has 0 heteroatoms. The van der Waals surface area contributed by atoms with E-state index in [2.05, 4.69) is 74.3 Å². The van der Waals surface area contributed by atoms with Crippen LogP contribution >= 0.6 is 0 Å². The molecule has 1 fully saturated rings. The third-order valence-electron chi connectivity index (χ3n) is 5.29. The summed E-state index contributed by atoms with van der Waals surface area (Å²) >= 11 is 0. The predicted molar refractivity (Wildman–Crippen MR) is 111 cm³/mol. The van der Waals surface area contributed by atoms with Crippen molar-refractivity contribution in [1.82, 2.24) is 0 Å². The molecule has 0 heterocycles. The normalized spacial score (nSPS) is 20.7. The summed E-state index contributed by atoms with van der Waals surface area (Å²) in [6.07, 6.45) is 20.7. The maximum absolute atomic E-state index is 3.27. The third-order valence-corrected chi connectivity index (χ3v) is 5.29. The molecule has 0 bridgehead atoms. The van der Waals surface area contributed by atoms with Crippen LogP contribution in [0.25, 0.3) is 0 Å². The van der Waals surface area contributed by atoms with Crippen LogP contribution in [0.2, 0.25) is 0 Å². The van der Waals surface area contributed by atoms with Gasteiger partial charge in [-0.1, -0.05) is 62.0 Å². The summed E-state index contributed by atoms with van der Waals surface area (Å²) in [5.74, 6) is 8.13. The van der Waals surface area contributed by atoms with E-state index in [-0.39, 0.29) is 0 Å². The highest BCUT2D eigenvalue weighted by Crippen LogP contribution is 2.31. The van der Waals surface area contributed by atoms with Crippen molar-refractivity contribution in [1.29, 1.82) is 0 Å². The second-order valence-corrected chi connectivity index (χ2v) is 7.37. The Kier molecular flexibility index (Phi) is 9.21. The van der Waals surface area contributed by atoms with E-state index in [9.17, 15) is 0 Å². The van der Waals surface area contributed by atoms with Gasteiger partial charge in [0.1, 0.15) is 0 Å². The van der Waals surface area contributed by atoms with Crippen LogP contribution in [-0.4, -0.2) is 0 Å². The Labute approximate surface area is 155 Å². The van der Waals surface area contributed by atoms with Crippen LogP contribution in [0.5, 0.6) is 0 Å². The smallest absolute Gasteiger partial charge is 0.0249 e. The largest absolute Gasteiger partial charge is 0.0917 e. The number of unbranched alkanes of at least 4 members (excludes halogenated alkanes) is 2. The Bertz CT molecular complexity index is 583. The Morgan fingerprint density at radius 3 is 2.48 bits per heavy atom. The molecular weight excluding hydrogens is 300 g/mol. The number of allylic oxidation sites excluding steroid dienone is 4. The van der Waals surface area contributed by atoms with E-state index in [1.807, 2.05) is 0 Å². The topological polar surface area (TPSA) is 0 Å². The first-order valence-corrected chi connectivity index (χ1v) is 10.2. The molecule has 1 aliphatic rings. The molecule has 1 aliphatic carbocycles. The molecule has 0 spiro atoms. The van der Waals surface area contributed by atoms with E-state index in [0.717, 1.165) is 17.4 Å². The van der Waals surface area contributed by atoms with Crippen molar-refractivity contribution < 1.29 is 0 Å². The van der Waals surface area contributed by atoms with Crippen LogP contribution in [0.3, 0.4) is 0 Å². The SMILES string of the molecule is C/C=C/CC1CCC(/C=C/C#Cc2ccc(CCCCC)cc2)CC1. The van der Waals surface area contributed by atoms with Crippen LogP contribution in [0.1, 0.15) is 76.3 Å². The van der Waals surface area contributed by atoms with Crippen molar-refractivity contribution in [2.24, 2.45) is 11.8 Å². The first-order valence-electron chi connectivity index (χ1n) is 10.2. The minimum absolute atomic E-state index is 0.733. The van der Waals surface area contributed by atoms with Crippen LogP contribution in [0.15, 0.2) is 48.6 Å². The fraction of sp³-hybridized carbons (Fsp3) is 0.520. The molecule has 2 rings (SSSR count). The average Bonchev–Trinajstić information content (AvgIpc) is 2.66. The number of benzene rings is 1. The zero-order valence-electron chi connectivity index (χ0n) is 16.1. The maximum Gasteiger partial charge on any atom is 0.0249 e. The first kappa shape index (κ1) is 19.6. The highest BCUT2D eigenvalue weighted by Gasteiger charge is 2.17. The first-order chi connectivity index (χ1) is 12.3. The van der Waals surface area contributed by atoms with Crippen molar-refractivity contribution in [3.8, 4) is 11.8 Å². The molecular formula is C25H34. The lowest BCUT2D eigenvalue weighted by Gasteiger charge is -2.25. The van der Waals surface area contributed by atoms with Gasteiger partial charge in [0.2, 0.25) is 0 Å². The highest BCUT2D eigenvalue weighted by atomic mass is 14.2. The summed E-state index contributed by atoms with van der Waals surface area (Å²) < 4.78 is 0. The van der Waals surface area contributed by atoms with Crippen LogP contribution in [0.4, 0.5) is 0 Å². The molecule has 0 atom stereocenters. The number of hydrogen-bond donors (Lipinski definition) is 0. The lowest BCUT2D eigenvalue weighted by atomic mass is 9.80. The number of rotatable bonds is 7. The van der Waals surface area contributed by atoms with E-state index in [1.54, 1.807) is 0 Å². The van der Waals surface area contributed by atoms with Crippen molar-refractivity contribution in [2.45, 2.75) is 71.6 Å². The summed E-state index contributed by atoms with van der Waals surface area (Å²) in [5, 5.41) is 0. The van der Waals surface area contributed by atoms with E-state index in [4.69, 9.17) is 0 Å². The third kappa shape index (κ3) is 7.78. The molecule has 0 aliphatic heterocycles. The van der Waals surface area contributed by atoms with Crippen molar-refractivity contribution in [3.05, 3.63) is 59.7 Å². The Hall–Kier alpha value is -1.74. The van der Waals surface area contributed by atoms with E-state index in [1.165, 1.54) is 63.4 Å². The number of aryl methyl sites for hydroxylation is 1. The van der Waals surface area contributed by atoms with Gasteiger partial charge in [0.05, 0.1) is 0 Å². The van der Waals surface area contributed by atoms with Gasteiger partial charge in [-0.15, -0.1) is 0 Å². The monoisotopic (exact) mass is 334 g/mol. The van der Waals surface area contributed by atoms with Crippen molar-refractivity contribution in [3.63, 3.8) is 0 Å². The Morgan fingerprint density at radius 2 is 1.80 bits per heavy atom. The minimum atomic E-state index is 0.733. The molecule has 1 aromatic carbocycles. The second-order valence-electron chi connectivity index (χ2n) is 7.37. The summed E-state index contributed by atoms with van der Waals surface area (Å²) in [4.78, 5) is 0. The molecule has 1 saturated carbocycles. The van der Waals surface area contributed by atoms with Gasteiger partial charge < -0.3 is 0 Å². The summed E-state index contributed by atoms with van der Waals surface area (Å²) in [7, 11) is 0. The Morgan fingerprint density at radius 1 is 1.04 bits per heavy atom. The summed E-state index contributed by atoms with van der Waals surface area (Å²) in [6, 6.07) is 8.79. The van der Waals surface area contributed by atoms with Gasteiger partial charge >= 0.3 is 0 Å². The molecule has 0 unspecified atom stereocenters. The lowest BCUT2D eigenvalue weighted by Crippen LogP contribution is -2.12. The zero-order chi connectivity index (χ0) is 17.7. The molecule has 134 valence electrons. The van der Waals surface area contributed by atoms with Gasteiger partial charge in [-0.05, 0) is 87.5 Å². The molecule has 0 nitrogen and oxygen atoms in total. The van der Waals surface area contributed by atoms with E-state index >= 15 is 0 Å². The molecule has 0 N–H and O–H groups in total. The zero-order valence-corrected chi connectivity index (χ0v) is 16.1. The predicted octanol–water partition coefficient (Wildman–Crippen LogP) is 7.10. The van der Waals surface area contributed by atoms with Crippen molar-refractivity contribution in [2.75, 3.05) is 0 Å². The Balaban J connectivity index is 1.73. The average molecular weight is 335 g/mol. The van der Waals surface area contributed by atoms with Gasteiger partial charge in [0, 0.05) is 5.56 Å². The fourth-order valence-electron chi connectivity index (χ4n) is 3.59. The molecule has 0 aromatic heterocycles. The van der Waals surface area contributed by atoms with Gasteiger partial charge in [-0.3, -0.25) is 0 Å². The molecule has 0 amide bonds. The van der Waals surface area contributed by atoms with Gasteiger partial charge in [0.25, 0.3) is 0 Å². The minimum Gasteiger partial charge on any atom is -0.0917 e. The van der Waals surface area contributed by atoms with E-state index in [0.29, 0.717) is 0 Å². The molecule has 1 aromatic rings. The number of hydrogen-bond acceptors (Lipinski definition) is 0. The lowest BCUT2D eigenvalue weighted by molar-refractivity contribution is 0.312. The van der Waals surface area contributed by atoms with Gasteiger partial charge in [0.15, 0.2) is 0 Å². The summed E-state index contributed by atoms with van der Waals surface area (Å²) in [5.41, 5.74) is 2.56. The standard InChI is InChI=1S/C25H34/c1-3-5-7-11-23-18-20-25(21-19-23)13-9-8-12-24-16-14-22(15-17-24)10-6-4-2/h4,6,8,12,18-22,24H,3,5,7,10-11,14-17H2,1-2H3/b6-4+,12-8+. The summed E-state index contributed by atoms with van der Waals surface area (Å²) in [6.45, 7) is 4.37.